The Morgan fingerprint density at radius 3 is 2.63 bits per heavy atom. The molecule has 0 spiro atoms. The van der Waals surface area contributed by atoms with E-state index in [4.69, 9.17) is 5.73 Å². The molecule has 6 heteroatoms. The Morgan fingerprint density at radius 1 is 1.16 bits per heavy atom. The molecular formula is C13H10N4OS. The van der Waals surface area contributed by atoms with Gasteiger partial charge in [-0.15, -0.1) is 11.3 Å². The summed E-state index contributed by atoms with van der Waals surface area (Å²) in [5.74, 6) is 0. The molecule has 19 heavy (non-hydrogen) atoms. The number of hydrogen-bond donors (Lipinski definition) is 2. The van der Waals surface area contributed by atoms with Gasteiger partial charge in [-0.2, -0.15) is 5.10 Å². The van der Waals surface area contributed by atoms with Gasteiger partial charge in [0.2, 0.25) is 0 Å². The van der Waals surface area contributed by atoms with Gasteiger partial charge in [-0.25, -0.2) is 10.1 Å². The number of nitrogens with two attached hydrogens (primary N) is 1. The molecule has 3 rings (SSSR count). The normalized spacial score (nSPS) is 10.5. The maximum atomic E-state index is 11.8. The lowest BCUT2D eigenvalue weighted by Gasteiger charge is -2.01. The minimum Gasteiger partial charge on any atom is -0.375 e. The van der Waals surface area contributed by atoms with E-state index < -0.39 is 0 Å². The number of rotatable bonds is 2. The number of anilines is 1. The maximum Gasteiger partial charge on any atom is 0.273 e. The molecule has 1 aromatic carbocycles. The summed E-state index contributed by atoms with van der Waals surface area (Å²) in [4.78, 5) is 15.9. The second-order valence-electron chi connectivity index (χ2n) is 3.93. The smallest absolute Gasteiger partial charge is 0.273 e. The van der Waals surface area contributed by atoms with Crippen LogP contribution in [-0.4, -0.2) is 15.2 Å². The second kappa shape index (κ2) is 4.66. The van der Waals surface area contributed by atoms with Crippen molar-refractivity contribution in [3.8, 4) is 22.5 Å². The Bertz CT molecular complexity index is 764. The standard InChI is InChI=1S/C13H10N4OS/c14-13-15-11(7-19-13)9-6-10(16-17-12(9)18)8-4-2-1-3-5-8/h1-7H,(H2,14,15)(H,17,18). The zero-order valence-electron chi connectivity index (χ0n) is 9.83. The van der Waals surface area contributed by atoms with Crippen LogP contribution in [0, 0.1) is 0 Å². The van der Waals surface area contributed by atoms with E-state index in [1.807, 2.05) is 30.3 Å². The lowest BCUT2D eigenvalue weighted by Crippen LogP contribution is -2.11. The van der Waals surface area contributed by atoms with Crippen molar-refractivity contribution in [3.05, 3.63) is 52.1 Å². The Morgan fingerprint density at radius 2 is 1.95 bits per heavy atom. The van der Waals surface area contributed by atoms with Crippen LogP contribution in [0.15, 0.2) is 46.6 Å². The topological polar surface area (TPSA) is 84.7 Å². The zero-order chi connectivity index (χ0) is 13.2. The van der Waals surface area contributed by atoms with E-state index >= 15 is 0 Å². The number of aromatic amines is 1. The van der Waals surface area contributed by atoms with Crippen LogP contribution < -0.4 is 11.3 Å². The van der Waals surface area contributed by atoms with Crippen molar-refractivity contribution in [2.24, 2.45) is 0 Å². The Kier molecular flexibility index (Phi) is 2.85. The first-order valence-electron chi connectivity index (χ1n) is 5.60. The molecule has 0 radical (unpaired) electrons. The van der Waals surface area contributed by atoms with Crippen molar-refractivity contribution >= 4 is 16.5 Å². The van der Waals surface area contributed by atoms with Crippen molar-refractivity contribution in [2.75, 3.05) is 5.73 Å². The van der Waals surface area contributed by atoms with Gasteiger partial charge in [0, 0.05) is 10.9 Å². The lowest BCUT2D eigenvalue weighted by molar-refractivity contribution is 0.996. The molecule has 0 aliphatic rings. The first kappa shape index (κ1) is 11.6. The summed E-state index contributed by atoms with van der Waals surface area (Å²) in [6, 6.07) is 11.4. The molecule has 0 aliphatic heterocycles. The molecule has 5 nitrogen and oxygen atoms in total. The molecule has 0 atom stereocenters. The van der Waals surface area contributed by atoms with Crippen molar-refractivity contribution in [1.29, 1.82) is 0 Å². The molecule has 0 amide bonds. The molecule has 2 aromatic heterocycles. The van der Waals surface area contributed by atoms with E-state index in [0.717, 1.165) is 5.56 Å². The first-order valence-corrected chi connectivity index (χ1v) is 6.48. The van der Waals surface area contributed by atoms with Crippen LogP contribution in [0.25, 0.3) is 22.5 Å². The Balaban J connectivity index is 2.14. The van der Waals surface area contributed by atoms with Crippen molar-refractivity contribution < 1.29 is 0 Å². The van der Waals surface area contributed by atoms with E-state index in [2.05, 4.69) is 15.2 Å². The molecule has 0 fully saturated rings. The summed E-state index contributed by atoms with van der Waals surface area (Å²) in [6.07, 6.45) is 0. The number of nitrogen functional groups attached to an aromatic ring is 1. The number of nitrogens with zero attached hydrogens (tertiary/aromatic N) is 2. The summed E-state index contributed by atoms with van der Waals surface area (Å²) in [5, 5.41) is 8.74. The highest BCUT2D eigenvalue weighted by atomic mass is 32.1. The van der Waals surface area contributed by atoms with Crippen LogP contribution >= 0.6 is 11.3 Å². The van der Waals surface area contributed by atoms with E-state index in [1.165, 1.54) is 11.3 Å². The van der Waals surface area contributed by atoms with Crippen LogP contribution in [-0.2, 0) is 0 Å². The number of H-pyrrole nitrogens is 1. The maximum absolute atomic E-state index is 11.8. The molecule has 0 saturated carbocycles. The van der Waals surface area contributed by atoms with Crippen LogP contribution in [0.2, 0.25) is 0 Å². The fourth-order valence-electron chi connectivity index (χ4n) is 1.76. The summed E-state index contributed by atoms with van der Waals surface area (Å²) < 4.78 is 0. The van der Waals surface area contributed by atoms with E-state index in [1.54, 1.807) is 11.4 Å². The predicted octanol–water partition coefficient (Wildman–Crippen LogP) is 2.14. The summed E-state index contributed by atoms with van der Waals surface area (Å²) >= 11 is 1.30. The van der Waals surface area contributed by atoms with Gasteiger partial charge in [-0.1, -0.05) is 30.3 Å². The van der Waals surface area contributed by atoms with Crippen molar-refractivity contribution in [3.63, 3.8) is 0 Å². The SMILES string of the molecule is Nc1nc(-c2cc(-c3ccccc3)n[nH]c2=O)cs1. The van der Waals surface area contributed by atoms with Crippen LogP contribution in [0.4, 0.5) is 5.13 Å². The van der Waals surface area contributed by atoms with Gasteiger partial charge in [-0.3, -0.25) is 4.79 Å². The van der Waals surface area contributed by atoms with Gasteiger partial charge in [-0.05, 0) is 6.07 Å². The van der Waals surface area contributed by atoms with Crippen LogP contribution in [0.1, 0.15) is 0 Å². The van der Waals surface area contributed by atoms with Crippen molar-refractivity contribution in [1.82, 2.24) is 15.2 Å². The molecule has 0 aliphatic carbocycles. The molecule has 3 N–H and O–H groups in total. The highest BCUT2D eigenvalue weighted by molar-refractivity contribution is 7.13. The number of benzene rings is 1. The second-order valence-corrected chi connectivity index (χ2v) is 4.82. The highest BCUT2D eigenvalue weighted by Crippen LogP contribution is 2.23. The average molecular weight is 270 g/mol. The largest absolute Gasteiger partial charge is 0.375 e. The summed E-state index contributed by atoms with van der Waals surface area (Å²) in [7, 11) is 0. The summed E-state index contributed by atoms with van der Waals surface area (Å²) in [5.41, 5.74) is 8.00. The average Bonchev–Trinajstić information content (AvgIpc) is 2.87. The Labute approximate surface area is 112 Å². The molecule has 0 bridgehead atoms. The minimum absolute atomic E-state index is 0.273. The molecule has 2 heterocycles. The third kappa shape index (κ3) is 2.25. The third-order valence-electron chi connectivity index (χ3n) is 2.67. The minimum atomic E-state index is -0.273. The quantitative estimate of drug-likeness (QED) is 0.747. The monoisotopic (exact) mass is 270 g/mol. The molecule has 3 aromatic rings. The highest BCUT2D eigenvalue weighted by Gasteiger charge is 2.10. The number of hydrogen-bond acceptors (Lipinski definition) is 5. The van der Waals surface area contributed by atoms with E-state index in [0.29, 0.717) is 22.1 Å². The summed E-state index contributed by atoms with van der Waals surface area (Å²) in [6.45, 7) is 0. The molecular weight excluding hydrogens is 260 g/mol. The van der Waals surface area contributed by atoms with E-state index in [9.17, 15) is 4.79 Å². The molecule has 0 saturated heterocycles. The zero-order valence-corrected chi connectivity index (χ0v) is 10.6. The van der Waals surface area contributed by atoms with Gasteiger partial charge in [0.05, 0.1) is 17.0 Å². The van der Waals surface area contributed by atoms with Gasteiger partial charge < -0.3 is 5.73 Å². The Hall–Kier alpha value is -2.47. The van der Waals surface area contributed by atoms with Gasteiger partial charge in [0.15, 0.2) is 5.13 Å². The van der Waals surface area contributed by atoms with Gasteiger partial charge in [0.1, 0.15) is 0 Å². The third-order valence-corrected chi connectivity index (χ3v) is 3.34. The lowest BCUT2D eigenvalue weighted by atomic mass is 10.1. The van der Waals surface area contributed by atoms with Crippen LogP contribution in [0.3, 0.4) is 0 Å². The van der Waals surface area contributed by atoms with Crippen molar-refractivity contribution in [2.45, 2.75) is 0 Å². The predicted molar refractivity (Wildman–Crippen MR) is 75.8 cm³/mol. The van der Waals surface area contributed by atoms with Gasteiger partial charge >= 0.3 is 0 Å². The number of aromatic nitrogens is 3. The number of thiazole rings is 1. The van der Waals surface area contributed by atoms with Gasteiger partial charge in [0.25, 0.3) is 5.56 Å². The fraction of sp³-hybridized carbons (Fsp3) is 0. The molecule has 94 valence electrons. The molecule has 0 unspecified atom stereocenters. The number of nitrogens with one attached hydrogen (secondary N) is 1. The van der Waals surface area contributed by atoms with E-state index in [-0.39, 0.29) is 5.56 Å². The van der Waals surface area contributed by atoms with Crippen LogP contribution in [0.5, 0.6) is 0 Å². The fourth-order valence-corrected chi connectivity index (χ4v) is 2.33. The first-order chi connectivity index (χ1) is 9.24.